The number of ether oxygens (including phenoxy) is 6. The second-order valence-corrected chi connectivity index (χ2v) is 16.9. The van der Waals surface area contributed by atoms with E-state index in [1.165, 1.54) is 82.3 Å². The van der Waals surface area contributed by atoms with Gasteiger partial charge in [-0.15, -0.1) is 0 Å². The molecule has 6 nitrogen and oxygen atoms in total. The van der Waals surface area contributed by atoms with Crippen LogP contribution < -0.4 is 9.47 Å². The summed E-state index contributed by atoms with van der Waals surface area (Å²) in [4.78, 5) is 0. The van der Waals surface area contributed by atoms with Gasteiger partial charge in [-0.05, 0) is 129 Å². The summed E-state index contributed by atoms with van der Waals surface area (Å²) >= 11 is 0. The fourth-order valence-corrected chi connectivity index (χ4v) is 8.64. The summed E-state index contributed by atoms with van der Waals surface area (Å²) in [6, 6.07) is 39.5. The van der Waals surface area contributed by atoms with Gasteiger partial charge in [-0.25, -0.2) is 0 Å². The van der Waals surface area contributed by atoms with Crippen molar-refractivity contribution in [1.29, 1.82) is 0 Å². The summed E-state index contributed by atoms with van der Waals surface area (Å²) in [6.07, 6.45) is 12.7. The Balaban J connectivity index is 1.09. The normalized spacial score (nSPS) is 14.9. The molecule has 7 rings (SSSR count). The molecule has 1 aliphatic rings. The number of fused-ring (bicyclic) bond motifs is 4. The zero-order chi connectivity index (χ0) is 42.6. The van der Waals surface area contributed by atoms with Crippen LogP contribution in [0.3, 0.4) is 0 Å². The third-order valence-electron chi connectivity index (χ3n) is 11.9. The maximum atomic E-state index is 6.37. The molecule has 0 aliphatic carbocycles. The molecule has 12 bridgehead atoms. The molecule has 0 saturated heterocycles. The van der Waals surface area contributed by atoms with Gasteiger partial charge in [-0.1, -0.05) is 137 Å². The Morgan fingerprint density at radius 3 is 0.968 bits per heavy atom. The lowest BCUT2D eigenvalue weighted by Gasteiger charge is -2.15. The zero-order valence-corrected chi connectivity index (χ0v) is 37.4. The van der Waals surface area contributed by atoms with E-state index in [9.17, 15) is 0 Å². The first-order valence-corrected chi connectivity index (χ1v) is 23.5. The fraction of sp³-hybridized carbons (Fsp3) is 0.429. The van der Waals surface area contributed by atoms with Crippen molar-refractivity contribution in [2.75, 3.05) is 39.6 Å². The number of unbranched alkanes of at least 4 members (excludes halogenated alkanes) is 6. The van der Waals surface area contributed by atoms with Crippen molar-refractivity contribution >= 4 is 21.5 Å². The quantitative estimate of drug-likeness (QED) is 0.114. The predicted octanol–water partition coefficient (Wildman–Crippen LogP) is 13.3. The van der Waals surface area contributed by atoms with E-state index < -0.39 is 0 Å². The smallest absolute Gasteiger partial charge is 0.120 e. The third-order valence-corrected chi connectivity index (χ3v) is 11.9. The highest BCUT2D eigenvalue weighted by Crippen LogP contribution is 2.27. The molecule has 0 N–H and O–H groups in total. The maximum Gasteiger partial charge on any atom is 0.120 e. The zero-order valence-electron chi connectivity index (χ0n) is 37.4. The van der Waals surface area contributed by atoms with Crippen LogP contribution in [-0.2, 0) is 71.1 Å². The minimum Gasteiger partial charge on any atom is -0.494 e. The largest absolute Gasteiger partial charge is 0.494 e. The van der Waals surface area contributed by atoms with Crippen LogP contribution >= 0.6 is 0 Å². The van der Waals surface area contributed by atoms with Gasteiger partial charge in [-0.3, -0.25) is 0 Å². The molecular formula is C56H68O6. The van der Waals surface area contributed by atoms with Crippen LogP contribution in [0.15, 0.2) is 109 Å². The van der Waals surface area contributed by atoms with E-state index in [1.807, 2.05) is 0 Å². The Morgan fingerprint density at radius 1 is 0.371 bits per heavy atom. The Labute approximate surface area is 370 Å². The molecule has 6 aromatic carbocycles. The summed E-state index contributed by atoms with van der Waals surface area (Å²) in [6.45, 7) is 10.5. The van der Waals surface area contributed by atoms with Gasteiger partial charge in [-0.2, -0.15) is 0 Å². The number of benzene rings is 6. The first-order chi connectivity index (χ1) is 30.7. The van der Waals surface area contributed by atoms with Gasteiger partial charge in [0.05, 0.1) is 66.1 Å². The summed E-state index contributed by atoms with van der Waals surface area (Å²) in [5, 5.41) is 5.12. The molecule has 0 saturated carbocycles. The summed E-state index contributed by atoms with van der Waals surface area (Å²) in [5.74, 6) is 1.78. The maximum absolute atomic E-state index is 6.37. The molecular weight excluding hydrogens is 769 g/mol. The molecule has 328 valence electrons. The SMILES string of the molecule is CCCCCCOc1cc2cc(c1)COCCc1cccc3c(cccc13)CCOCc1cc(cc(OCCCCCC)c1)COCCc1cccc3c(cccc13)CCOC2. The Bertz CT molecular complexity index is 1980. The average Bonchev–Trinajstić information content (AvgIpc) is 3.29. The summed E-state index contributed by atoms with van der Waals surface area (Å²) in [5.41, 5.74) is 9.63. The molecule has 0 atom stereocenters. The van der Waals surface area contributed by atoms with Gasteiger partial charge in [0.15, 0.2) is 0 Å². The van der Waals surface area contributed by atoms with Gasteiger partial charge in [0, 0.05) is 0 Å². The predicted molar refractivity (Wildman–Crippen MR) is 253 cm³/mol. The van der Waals surface area contributed by atoms with E-state index in [0.717, 1.165) is 85.5 Å². The number of hydrogen-bond acceptors (Lipinski definition) is 6. The average molecular weight is 837 g/mol. The van der Waals surface area contributed by atoms with E-state index in [0.29, 0.717) is 52.9 Å². The third kappa shape index (κ3) is 13.6. The molecule has 0 radical (unpaired) electrons. The minimum atomic E-state index is 0.520. The second kappa shape index (κ2) is 24.8. The van der Waals surface area contributed by atoms with Gasteiger partial charge >= 0.3 is 0 Å². The summed E-state index contributed by atoms with van der Waals surface area (Å²) < 4.78 is 38.0. The van der Waals surface area contributed by atoms with Crippen LogP contribution in [0.2, 0.25) is 0 Å². The second-order valence-electron chi connectivity index (χ2n) is 16.9. The van der Waals surface area contributed by atoms with Crippen molar-refractivity contribution in [3.8, 4) is 11.5 Å². The molecule has 0 fully saturated rings. The number of rotatable bonds is 12. The van der Waals surface area contributed by atoms with Crippen molar-refractivity contribution in [3.05, 3.63) is 154 Å². The van der Waals surface area contributed by atoms with E-state index in [-0.39, 0.29) is 0 Å². The van der Waals surface area contributed by atoms with Crippen molar-refractivity contribution < 1.29 is 28.4 Å². The molecule has 0 spiro atoms. The van der Waals surface area contributed by atoms with Crippen molar-refractivity contribution in [2.45, 2.75) is 117 Å². The van der Waals surface area contributed by atoms with Crippen molar-refractivity contribution in [2.24, 2.45) is 0 Å². The Kier molecular flexibility index (Phi) is 18.1. The molecule has 0 unspecified atom stereocenters. The lowest BCUT2D eigenvalue weighted by atomic mass is 9.97. The first-order valence-electron chi connectivity index (χ1n) is 23.5. The Morgan fingerprint density at radius 2 is 0.677 bits per heavy atom. The fourth-order valence-electron chi connectivity index (χ4n) is 8.64. The van der Waals surface area contributed by atoms with Crippen LogP contribution in [0.25, 0.3) is 21.5 Å². The molecule has 1 aliphatic heterocycles. The molecule has 62 heavy (non-hydrogen) atoms. The molecule has 1 heterocycles. The van der Waals surface area contributed by atoms with Crippen LogP contribution in [0, 0.1) is 0 Å². The summed E-state index contributed by atoms with van der Waals surface area (Å²) in [7, 11) is 0. The van der Waals surface area contributed by atoms with Crippen LogP contribution in [-0.4, -0.2) is 39.6 Å². The van der Waals surface area contributed by atoms with Gasteiger partial charge in [0.1, 0.15) is 11.5 Å². The molecule has 6 heteroatoms. The lowest BCUT2D eigenvalue weighted by molar-refractivity contribution is 0.119. The topological polar surface area (TPSA) is 55.4 Å². The van der Waals surface area contributed by atoms with Crippen molar-refractivity contribution in [1.82, 2.24) is 0 Å². The minimum absolute atomic E-state index is 0.520. The van der Waals surface area contributed by atoms with E-state index in [1.54, 1.807) is 0 Å². The van der Waals surface area contributed by atoms with E-state index >= 15 is 0 Å². The van der Waals surface area contributed by atoms with Gasteiger partial charge in [0.25, 0.3) is 0 Å². The monoisotopic (exact) mass is 837 g/mol. The first kappa shape index (κ1) is 45.3. The number of hydrogen-bond donors (Lipinski definition) is 0. The van der Waals surface area contributed by atoms with Gasteiger partial charge in [0.2, 0.25) is 0 Å². The standard InChI is InChI=1S/C56H68O6/c1-3-5-7-9-27-61-51-35-43-33-44(36-51)40-58-30-24-48-16-12-22-56-50(18-14-20-54(48)56)26-32-60-42-46-34-45(37-52(38-46)62-28-10-8-6-4-2)41-59-31-25-49-17-13-19-53-47(23-29-57-39-43)15-11-21-55(49)53/h11-22,33-38H,3-10,23-32,39-42H2,1-2H3. The highest BCUT2D eigenvalue weighted by molar-refractivity contribution is 5.89. The molecule has 6 aromatic rings. The lowest BCUT2D eigenvalue weighted by Crippen LogP contribution is -2.05. The highest BCUT2D eigenvalue weighted by Gasteiger charge is 2.11. The van der Waals surface area contributed by atoms with E-state index in [4.69, 9.17) is 28.4 Å². The van der Waals surface area contributed by atoms with Crippen molar-refractivity contribution in [3.63, 3.8) is 0 Å². The van der Waals surface area contributed by atoms with Crippen LogP contribution in [0.5, 0.6) is 11.5 Å². The molecule has 0 aromatic heterocycles. The highest BCUT2D eigenvalue weighted by atomic mass is 16.5. The Hall–Kier alpha value is -4.72. The van der Waals surface area contributed by atoms with Crippen LogP contribution in [0.1, 0.15) is 110 Å². The van der Waals surface area contributed by atoms with Gasteiger partial charge < -0.3 is 28.4 Å². The van der Waals surface area contributed by atoms with E-state index in [2.05, 4.69) is 123 Å². The van der Waals surface area contributed by atoms with Crippen LogP contribution in [0.4, 0.5) is 0 Å². The molecule has 0 amide bonds.